The van der Waals surface area contributed by atoms with Crippen LogP contribution in [0.2, 0.25) is 0 Å². The Balaban J connectivity index is 3.09. The van der Waals surface area contributed by atoms with Gasteiger partial charge in [0.15, 0.2) is 0 Å². The van der Waals surface area contributed by atoms with Crippen LogP contribution in [0.25, 0.3) is 0 Å². The third kappa shape index (κ3) is 3.10. The minimum absolute atomic E-state index is 0.208. The number of benzene rings is 1. The molecule has 0 aromatic heterocycles. The molecule has 0 aliphatic heterocycles. The van der Waals surface area contributed by atoms with Gasteiger partial charge in [0.1, 0.15) is 5.82 Å². The molecule has 0 fully saturated rings. The summed E-state index contributed by atoms with van der Waals surface area (Å²) in [7, 11) is -3.12. The Morgan fingerprint density at radius 1 is 1.41 bits per heavy atom. The lowest BCUT2D eigenvalue weighted by atomic mass is 10.3. The van der Waals surface area contributed by atoms with Crippen molar-refractivity contribution in [3.05, 3.63) is 24.0 Å². The molecule has 1 rings (SSSR count). The van der Waals surface area contributed by atoms with Crippen molar-refractivity contribution >= 4 is 15.7 Å². The fourth-order valence-corrected chi connectivity index (χ4v) is 2.30. The molecule has 0 unspecified atom stereocenters. The summed E-state index contributed by atoms with van der Waals surface area (Å²) in [4.78, 5) is -0.410. The first kappa shape index (κ1) is 13.8. The van der Waals surface area contributed by atoms with Crippen molar-refractivity contribution in [2.75, 3.05) is 19.3 Å². The maximum Gasteiger partial charge on any atom is 0.252 e. The van der Waals surface area contributed by atoms with E-state index in [1.807, 2.05) is 0 Å². The predicted molar refractivity (Wildman–Crippen MR) is 56.6 cm³/mol. The summed E-state index contributed by atoms with van der Waals surface area (Å²) in [5.74, 6) is -0.906. The molecule has 1 aromatic rings. The van der Waals surface area contributed by atoms with Gasteiger partial charge in [0.25, 0.3) is 6.43 Å². The molecule has 0 bridgehead atoms. The zero-order valence-electron chi connectivity index (χ0n) is 8.90. The molecule has 0 saturated heterocycles. The molecule has 8 heteroatoms. The monoisotopic (exact) mass is 268 g/mol. The van der Waals surface area contributed by atoms with Crippen LogP contribution >= 0.6 is 0 Å². The SMILES string of the molecule is CN(CC(F)F)S(=O)(=O)c1ccc(N)c(F)c1. The molecule has 4 nitrogen and oxygen atoms in total. The van der Waals surface area contributed by atoms with Gasteiger partial charge in [-0.2, -0.15) is 4.31 Å². The van der Waals surface area contributed by atoms with Crippen molar-refractivity contribution < 1.29 is 21.6 Å². The zero-order valence-corrected chi connectivity index (χ0v) is 9.72. The lowest BCUT2D eigenvalue weighted by molar-refractivity contribution is 0.126. The molecule has 2 N–H and O–H groups in total. The first-order valence-electron chi connectivity index (χ1n) is 4.54. The topological polar surface area (TPSA) is 63.4 Å². The highest BCUT2D eigenvalue weighted by Crippen LogP contribution is 2.19. The molecule has 17 heavy (non-hydrogen) atoms. The van der Waals surface area contributed by atoms with Crippen LogP contribution in [0.3, 0.4) is 0 Å². The van der Waals surface area contributed by atoms with Gasteiger partial charge in [0, 0.05) is 7.05 Å². The third-order valence-electron chi connectivity index (χ3n) is 2.08. The number of nitrogens with zero attached hydrogens (tertiary/aromatic N) is 1. The minimum Gasteiger partial charge on any atom is -0.396 e. The second kappa shape index (κ2) is 4.92. The third-order valence-corrected chi connectivity index (χ3v) is 3.89. The Morgan fingerprint density at radius 2 is 2.00 bits per heavy atom. The molecule has 0 aliphatic carbocycles. The summed E-state index contributed by atoms with van der Waals surface area (Å²) in [6.07, 6.45) is -2.80. The Bertz CT molecular complexity index is 505. The summed E-state index contributed by atoms with van der Waals surface area (Å²) in [6, 6.07) is 2.83. The molecule has 0 spiro atoms. The number of rotatable bonds is 4. The Labute approximate surface area is 96.9 Å². The number of hydrogen-bond acceptors (Lipinski definition) is 3. The molecule has 96 valence electrons. The van der Waals surface area contributed by atoms with Crippen LogP contribution in [0.1, 0.15) is 0 Å². The van der Waals surface area contributed by atoms with Crippen molar-refractivity contribution in [3.8, 4) is 0 Å². The van der Waals surface area contributed by atoms with E-state index in [1.165, 1.54) is 0 Å². The highest BCUT2D eigenvalue weighted by Gasteiger charge is 2.24. The maximum absolute atomic E-state index is 13.1. The van der Waals surface area contributed by atoms with Crippen molar-refractivity contribution in [2.24, 2.45) is 0 Å². The molecular formula is C9H11F3N2O2S. The fraction of sp³-hybridized carbons (Fsp3) is 0.333. The quantitative estimate of drug-likeness (QED) is 0.837. The van der Waals surface area contributed by atoms with E-state index in [9.17, 15) is 21.6 Å². The smallest absolute Gasteiger partial charge is 0.252 e. The first-order chi connectivity index (χ1) is 7.75. The highest BCUT2D eigenvalue weighted by molar-refractivity contribution is 7.89. The summed E-state index contributed by atoms with van der Waals surface area (Å²) >= 11 is 0. The normalized spacial score (nSPS) is 12.4. The second-order valence-electron chi connectivity index (χ2n) is 3.36. The van der Waals surface area contributed by atoms with Crippen LogP contribution in [0.15, 0.2) is 23.1 Å². The zero-order chi connectivity index (χ0) is 13.2. The number of sulfonamides is 1. The molecule has 0 atom stereocenters. The molecule has 1 aromatic carbocycles. The number of halogens is 3. The van der Waals surface area contributed by atoms with Gasteiger partial charge in [-0.1, -0.05) is 0 Å². The van der Waals surface area contributed by atoms with Crippen molar-refractivity contribution in [1.29, 1.82) is 0 Å². The molecule has 0 radical (unpaired) electrons. The molecule has 0 saturated carbocycles. The Hall–Kier alpha value is -1.28. The van der Waals surface area contributed by atoms with Crippen LogP contribution < -0.4 is 5.73 Å². The van der Waals surface area contributed by atoms with Crippen LogP contribution in [0.4, 0.5) is 18.9 Å². The van der Waals surface area contributed by atoms with Gasteiger partial charge in [-0.15, -0.1) is 0 Å². The largest absolute Gasteiger partial charge is 0.396 e. The summed E-state index contributed by atoms with van der Waals surface area (Å²) in [6.45, 7) is -0.950. The van der Waals surface area contributed by atoms with Gasteiger partial charge in [0.05, 0.1) is 17.1 Å². The maximum atomic E-state index is 13.1. The number of anilines is 1. The first-order valence-corrected chi connectivity index (χ1v) is 5.98. The van der Waals surface area contributed by atoms with Crippen molar-refractivity contribution in [3.63, 3.8) is 0 Å². The lowest BCUT2D eigenvalue weighted by Crippen LogP contribution is -2.31. The summed E-state index contributed by atoms with van der Waals surface area (Å²) < 4.78 is 61.1. The average Bonchev–Trinajstić information content (AvgIpc) is 2.20. The van der Waals surface area contributed by atoms with Crippen molar-refractivity contribution in [1.82, 2.24) is 4.31 Å². The fourth-order valence-electron chi connectivity index (χ4n) is 1.14. The van der Waals surface area contributed by atoms with Gasteiger partial charge < -0.3 is 5.73 Å². The van der Waals surface area contributed by atoms with E-state index in [2.05, 4.69) is 0 Å². The number of nitrogen functional groups attached to an aromatic ring is 1. The Morgan fingerprint density at radius 3 is 2.47 bits per heavy atom. The number of nitrogens with two attached hydrogens (primary N) is 1. The number of hydrogen-bond donors (Lipinski definition) is 1. The molecular weight excluding hydrogens is 257 g/mol. The van der Waals surface area contributed by atoms with Crippen LogP contribution in [0.5, 0.6) is 0 Å². The van der Waals surface area contributed by atoms with E-state index in [-0.39, 0.29) is 5.69 Å². The second-order valence-corrected chi connectivity index (χ2v) is 5.40. The van der Waals surface area contributed by atoms with Crippen LogP contribution in [0, 0.1) is 5.82 Å². The van der Waals surface area contributed by atoms with Gasteiger partial charge in [0.2, 0.25) is 10.0 Å². The minimum atomic E-state index is -4.12. The van der Waals surface area contributed by atoms with Gasteiger partial charge >= 0.3 is 0 Å². The molecule has 0 amide bonds. The van der Waals surface area contributed by atoms with Crippen LogP contribution in [-0.4, -0.2) is 32.7 Å². The highest BCUT2D eigenvalue weighted by atomic mass is 32.2. The average molecular weight is 268 g/mol. The predicted octanol–water partition coefficient (Wildman–Crippen LogP) is 1.29. The summed E-state index contributed by atoms with van der Waals surface area (Å²) in [5.41, 5.74) is 4.98. The standard InChI is InChI=1S/C9H11F3N2O2S/c1-14(5-9(11)12)17(15,16)6-2-3-8(13)7(10)4-6/h2-4,9H,5,13H2,1H3. The summed E-state index contributed by atoms with van der Waals surface area (Å²) in [5, 5.41) is 0. The van der Waals surface area contributed by atoms with Gasteiger partial charge in [-0.05, 0) is 18.2 Å². The van der Waals surface area contributed by atoms with Gasteiger partial charge in [-0.3, -0.25) is 0 Å². The van der Waals surface area contributed by atoms with Crippen LogP contribution in [-0.2, 0) is 10.0 Å². The van der Waals surface area contributed by atoms with E-state index in [1.54, 1.807) is 0 Å². The van der Waals surface area contributed by atoms with E-state index < -0.39 is 33.7 Å². The van der Waals surface area contributed by atoms with Gasteiger partial charge in [-0.25, -0.2) is 21.6 Å². The number of alkyl halides is 2. The van der Waals surface area contributed by atoms with E-state index in [4.69, 9.17) is 5.73 Å². The molecule has 0 aliphatic rings. The molecule has 0 heterocycles. The lowest BCUT2D eigenvalue weighted by Gasteiger charge is -2.16. The Kier molecular flexibility index (Phi) is 3.99. The van der Waals surface area contributed by atoms with E-state index in [0.29, 0.717) is 10.4 Å². The van der Waals surface area contributed by atoms with E-state index in [0.717, 1.165) is 19.2 Å². The van der Waals surface area contributed by atoms with E-state index >= 15 is 0 Å². The van der Waals surface area contributed by atoms with Crippen molar-refractivity contribution in [2.45, 2.75) is 11.3 Å².